The molecule has 2 saturated heterocycles. The quantitative estimate of drug-likeness (QED) is 0.843. The largest absolute Gasteiger partial charge is 0.381 e. The van der Waals surface area contributed by atoms with Crippen LogP contribution in [0.1, 0.15) is 38.4 Å². The molecule has 0 aliphatic carbocycles. The normalized spacial score (nSPS) is 26.7. The van der Waals surface area contributed by atoms with Gasteiger partial charge < -0.3 is 14.2 Å². The van der Waals surface area contributed by atoms with Crippen LogP contribution in [0.3, 0.4) is 0 Å². The molecule has 0 amide bonds. The number of aromatic nitrogens is 3. The predicted octanol–water partition coefficient (Wildman–Crippen LogP) is 1.67. The molecule has 1 atom stereocenters. The van der Waals surface area contributed by atoms with Crippen LogP contribution >= 0.6 is 0 Å². The highest BCUT2D eigenvalue weighted by Crippen LogP contribution is 2.48. The van der Waals surface area contributed by atoms with Crippen molar-refractivity contribution in [3.63, 3.8) is 0 Å². The third-order valence-electron chi connectivity index (χ3n) is 4.89. The molecule has 0 bridgehead atoms. The van der Waals surface area contributed by atoms with Crippen molar-refractivity contribution in [1.82, 2.24) is 19.7 Å². The number of likely N-dealkylation sites (tertiary alicyclic amines) is 1. The smallest absolute Gasteiger partial charge is 0.137 e. The maximum absolute atomic E-state index is 5.61. The third kappa shape index (κ3) is 2.49. The third-order valence-corrected chi connectivity index (χ3v) is 4.89. The monoisotopic (exact) mass is 278 g/mol. The van der Waals surface area contributed by atoms with E-state index in [9.17, 15) is 0 Å². The average molecular weight is 278 g/mol. The first-order valence-corrected chi connectivity index (χ1v) is 7.75. The van der Waals surface area contributed by atoms with Gasteiger partial charge in [0, 0.05) is 45.8 Å². The lowest BCUT2D eigenvalue weighted by molar-refractivity contribution is 0.0105. The van der Waals surface area contributed by atoms with Crippen molar-refractivity contribution < 1.29 is 4.74 Å². The van der Waals surface area contributed by atoms with Crippen LogP contribution in [0.4, 0.5) is 0 Å². The lowest BCUT2D eigenvalue weighted by Gasteiger charge is -2.37. The van der Waals surface area contributed by atoms with E-state index in [2.05, 4.69) is 40.6 Å². The molecule has 20 heavy (non-hydrogen) atoms. The number of ether oxygens (including phenoxy) is 1. The molecular weight excluding hydrogens is 252 g/mol. The fourth-order valence-corrected chi connectivity index (χ4v) is 3.98. The van der Waals surface area contributed by atoms with Crippen LogP contribution in [-0.4, -0.2) is 52.5 Å². The Morgan fingerprint density at radius 2 is 2.15 bits per heavy atom. The van der Waals surface area contributed by atoms with E-state index in [-0.39, 0.29) is 0 Å². The molecule has 3 heterocycles. The summed E-state index contributed by atoms with van der Waals surface area (Å²) in [5.74, 6) is 2.36. The van der Waals surface area contributed by atoms with Gasteiger partial charge in [0.15, 0.2) is 0 Å². The highest BCUT2D eigenvalue weighted by atomic mass is 16.5. The molecule has 3 rings (SSSR count). The van der Waals surface area contributed by atoms with Crippen LogP contribution in [-0.2, 0) is 11.8 Å². The average Bonchev–Trinajstić information content (AvgIpc) is 2.94. The number of hydrogen-bond acceptors (Lipinski definition) is 4. The molecule has 0 aromatic carbocycles. The Hall–Kier alpha value is -0.940. The predicted molar refractivity (Wildman–Crippen MR) is 77.5 cm³/mol. The number of hydrogen-bond donors (Lipinski definition) is 0. The Morgan fingerprint density at radius 1 is 1.40 bits per heavy atom. The summed E-state index contributed by atoms with van der Waals surface area (Å²) in [6.45, 7) is 9.86. The molecule has 0 saturated carbocycles. The van der Waals surface area contributed by atoms with E-state index in [1.807, 2.05) is 6.33 Å². The van der Waals surface area contributed by atoms with Gasteiger partial charge in [-0.2, -0.15) is 0 Å². The summed E-state index contributed by atoms with van der Waals surface area (Å²) < 4.78 is 7.71. The van der Waals surface area contributed by atoms with Gasteiger partial charge in [-0.05, 0) is 24.2 Å². The fraction of sp³-hybridized carbons (Fsp3) is 0.867. The second-order valence-corrected chi connectivity index (χ2v) is 6.92. The van der Waals surface area contributed by atoms with Crippen LogP contribution in [0.2, 0.25) is 0 Å². The Morgan fingerprint density at radius 3 is 2.75 bits per heavy atom. The first-order valence-electron chi connectivity index (χ1n) is 7.75. The second kappa shape index (κ2) is 5.45. The van der Waals surface area contributed by atoms with Crippen molar-refractivity contribution in [3.8, 4) is 0 Å². The van der Waals surface area contributed by atoms with Crippen LogP contribution in [0.15, 0.2) is 6.33 Å². The molecule has 0 radical (unpaired) electrons. The number of nitrogens with zero attached hydrogens (tertiary/aromatic N) is 4. The number of aryl methyl sites for hydroxylation is 1. The van der Waals surface area contributed by atoms with Crippen molar-refractivity contribution in [2.24, 2.45) is 18.4 Å². The Labute approximate surface area is 121 Å². The lowest BCUT2D eigenvalue weighted by atomic mass is 9.72. The Kier molecular flexibility index (Phi) is 3.82. The molecule has 2 aliphatic heterocycles. The number of rotatable bonds is 3. The van der Waals surface area contributed by atoms with Gasteiger partial charge in [-0.1, -0.05) is 13.8 Å². The standard InChI is InChI=1S/C15H26N4O/c1-12(2)8-19-9-13(14-17-16-11-18(14)3)15(10-19)4-6-20-7-5-15/h11-13H,4-10H2,1-3H3. The summed E-state index contributed by atoms with van der Waals surface area (Å²) in [6.07, 6.45) is 4.13. The van der Waals surface area contributed by atoms with Gasteiger partial charge in [-0.3, -0.25) is 0 Å². The van der Waals surface area contributed by atoms with E-state index >= 15 is 0 Å². The van der Waals surface area contributed by atoms with Crippen LogP contribution < -0.4 is 0 Å². The van der Waals surface area contributed by atoms with Gasteiger partial charge in [0.05, 0.1) is 0 Å². The van der Waals surface area contributed by atoms with Gasteiger partial charge in [-0.25, -0.2) is 0 Å². The molecule has 1 spiro atoms. The molecule has 2 fully saturated rings. The van der Waals surface area contributed by atoms with Crippen molar-refractivity contribution >= 4 is 0 Å². The molecule has 2 aliphatic rings. The summed E-state index contributed by atoms with van der Waals surface area (Å²) in [4.78, 5) is 2.62. The van der Waals surface area contributed by atoms with Gasteiger partial charge in [0.1, 0.15) is 12.2 Å². The van der Waals surface area contributed by atoms with E-state index in [0.29, 0.717) is 17.3 Å². The highest BCUT2D eigenvalue weighted by Gasteiger charge is 2.49. The molecule has 0 N–H and O–H groups in total. The fourth-order valence-electron chi connectivity index (χ4n) is 3.98. The van der Waals surface area contributed by atoms with Gasteiger partial charge in [-0.15, -0.1) is 10.2 Å². The molecule has 1 aromatic rings. The van der Waals surface area contributed by atoms with Gasteiger partial charge in [0.25, 0.3) is 0 Å². The second-order valence-electron chi connectivity index (χ2n) is 6.92. The minimum absolute atomic E-state index is 0.341. The zero-order valence-electron chi connectivity index (χ0n) is 12.9. The Balaban J connectivity index is 1.86. The van der Waals surface area contributed by atoms with Crippen molar-refractivity contribution in [2.45, 2.75) is 32.6 Å². The zero-order chi connectivity index (χ0) is 14.2. The van der Waals surface area contributed by atoms with E-state index < -0.39 is 0 Å². The molecule has 1 unspecified atom stereocenters. The topological polar surface area (TPSA) is 43.2 Å². The first-order chi connectivity index (χ1) is 9.61. The summed E-state index contributed by atoms with van der Waals surface area (Å²) in [5, 5.41) is 8.50. The summed E-state index contributed by atoms with van der Waals surface area (Å²) >= 11 is 0. The molecule has 112 valence electrons. The van der Waals surface area contributed by atoms with E-state index in [1.54, 1.807) is 0 Å². The zero-order valence-corrected chi connectivity index (χ0v) is 12.9. The van der Waals surface area contributed by atoms with Crippen LogP contribution in [0.25, 0.3) is 0 Å². The van der Waals surface area contributed by atoms with Crippen molar-refractivity contribution in [2.75, 3.05) is 32.8 Å². The van der Waals surface area contributed by atoms with Gasteiger partial charge >= 0.3 is 0 Å². The van der Waals surface area contributed by atoms with E-state index in [0.717, 1.165) is 38.4 Å². The molecular formula is C15H26N4O. The van der Waals surface area contributed by atoms with Crippen molar-refractivity contribution in [1.29, 1.82) is 0 Å². The highest BCUT2D eigenvalue weighted by molar-refractivity contribution is 5.12. The molecule has 5 heteroatoms. The Bertz CT molecular complexity index is 450. The summed E-state index contributed by atoms with van der Waals surface area (Å²) in [7, 11) is 2.06. The van der Waals surface area contributed by atoms with Crippen molar-refractivity contribution in [3.05, 3.63) is 12.2 Å². The lowest BCUT2D eigenvalue weighted by Crippen LogP contribution is -2.37. The van der Waals surface area contributed by atoms with E-state index in [4.69, 9.17) is 4.74 Å². The summed E-state index contributed by atoms with van der Waals surface area (Å²) in [5.41, 5.74) is 0.341. The van der Waals surface area contributed by atoms with Crippen LogP contribution in [0, 0.1) is 11.3 Å². The van der Waals surface area contributed by atoms with E-state index in [1.165, 1.54) is 13.1 Å². The minimum Gasteiger partial charge on any atom is -0.381 e. The molecule has 5 nitrogen and oxygen atoms in total. The SMILES string of the molecule is CC(C)CN1CC(c2nncn2C)C2(CCOCC2)C1. The molecule has 1 aromatic heterocycles. The maximum atomic E-state index is 5.61. The van der Waals surface area contributed by atoms with Crippen LogP contribution in [0.5, 0.6) is 0 Å². The first kappa shape index (κ1) is 14.0. The summed E-state index contributed by atoms with van der Waals surface area (Å²) in [6, 6.07) is 0. The minimum atomic E-state index is 0.341. The maximum Gasteiger partial charge on any atom is 0.137 e. The van der Waals surface area contributed by atoms with Gasteiger partial charge in [0.2, 0.25) is 0 Å².